The molecule has 2 aliphatic rings. The molecule has 0 saturated heterocycles. The molecule has 0 bridgehead atoms. The van der Waals surface area contributed by atoms with Crippen LogP contribution in [0, 0.1) is 11.3 Å². The van der Waals surface area contributed by atoms with E-state index >= 15 is 0 Å². The molecule has 3 atom stereocenters. The van der Waals surface area contributed by atoms with Gasteiger partial charge >= 0.3 is 0 Å². The van der Waals surface area contributed by atoms with E-state index < -0.39 is 0 Å². The van der Waals surface area contributed by atoms with Crippen LogP contribution in [0.4, 0.5) is 0 Å². The fraction of sp³-hybridized carbons (Fsp3) is 1.00. The molecule has 1 N–H and O–H groups in total. The number of aliphatic hydroxyl groups excluding tert-OH is 1. The Bertz CT molecular complexity index is 166. The molecule has 2 aliphatic carbocycles. The summed E-state index contributed by atoms with van der Waals surface area (Å²) in [6.07, 6.45) is 9.16. The summed E-state index contributed by atoms with van der Waals surface area (Å²) in [5.41, 5.74) is 0.619. The lowest BCUT2D eigenvalue weighted by Gasteiger charge is -2.25. The first kappa shape index (κ1) is 8.55. The summed E-state index contributed by atoms with van der Waals surface area (Å²) in [5, 5.41) is 9.68. The third-order valence-electron chi connectivity index (χ3n) is 3.92. The number of hydrogen-bond donors (Lipinski definition) is 1. The Balaban J connectivity index is 1.88. The Kier molecular flexibility index (Phi) is 2.16. The first-order chi connectivity index (χ1) is 5.78. The first-order valence-electron chi connectivity index (χ1n) is 5.46. The lowest BCUT2D eigenvalue weighted by molar-refractivity contribution is 0.0897. The minimum atomic E-state index is 0.0515. The largest absolute Gasteiger partial charge is 0.393 e. The van der Waals surface area contributed by atoms with E-state index in [1.54, 1.807) is 0 Å². The second-order valence-corrected chi connectivity index (χ2v) is 4.74. The normalized spacial score (nSPS) is 45.5. The van der Waals surface area contributed by atoms with Crippen LogP contribution in [0.5, 0.6) is 0 Å². The summed E-state index contributed by atoms with van der Waals surface area (Å²) < 4.78 is 0. The molecule has 2 saturated carbocycles. The van der Waals surface area contributed by atoms with Gasteiger partial charge in [-0.1, -0.05) is 26.2 Å². The highest BCUT2D eigenvalue weighted by molar-refractivity contribution is 5.07. The zero-order valence-corrected chi connectivity index (χ0v) is 8.05. The third-order valence-corrected chi connectivity index (χ3v) is 3.92. The maximum absolute atomic E-state index is 9.68. The van der Waals surface area contributed by atoms with Crippen molar-refractivity contribution in [3.05, 3.63) is 0 Å². The van der Waals surface area contributed by atoms with Gasteiger partial charge in [0.15, 0.2) is 0 Å². The maximum atomic E-state index is 9.68. The summed E-state index contributed by atoms with van der Waals surface area (Å²) >= 11 is 0. The molecule has 0 spiro atoms. The summed E-state index contributed by atoms with van der Waals surface area (Å²) in [7, 11) is 0. The standard InChI is InChI=1S/C11H20O/c1-2-3-6-11-7-4-5-10(12)9(11)8-11/h9-10,12H,2-8H2,1H3/t9-,10-,11-/m1/s1. The average molecular weight is 168 g/mol. The number of unbranched alkanes of at least 4 members (excludes halogenated alkanes) is 1. The van der Waals surface area contributed by atoms with E-state index in [4.69, 9.17) is 0 Å². The van der Waals surface area contributed by atoms with Crippen molar-refractivity contribution in [2.45, 2.75) is 58.0 Å². The number of rotatable bonds is 3. The predicted molar refractivity (Wildman–Crippen MR) is 49.9 cm³/mol. The number of hydrogen-bond acceptors (Lipinski definition) is 1. The van der Waals surface area contributed by atoms with E-state index in [-0.39, 0.29) is 6.10 Å². The van der Waals surface area contributed by atoms with Crippen LogP contribution in [-0.4, -0.2) is 11.2 Å². The zero-order valence-electron chi connectivity index (χ0n) is 8.05. The molecule has 2 rings (SSSR count). The molecule has 0 radical (unpaired) electrons. The van der Waals surface area contributed by atoms with Gasteiger partial charge in [-0.2, -0.15) is 0 Å². The van der Waals surface area contributed by atoms with E-state index in [1.165, 1.54) is 38.5 Å². The van der Waals surface area contributed by atoms with Crippen LogP contribution in [0.3, 0.4) is 0 Å². The van der Waals surface area contributed by atoms with Crippen molar-refractivity contribution >= 4 is 0 Å². The first-order valence-corrected chi connectivity index (χ1v) is 5.46. The fourth-order valence-electron chi connectivity index (χ4n) is 3.02. The molecule has 1 nitrogen and oxygen atoms in total. The Hall–Kier alpha value is -0.0400. The molecular weight excluding hydrogens is 148 g/mol. The van der Waals surface area contributed by atoms with Gasteiger partial charge in [-0.25, -0.2) is 0 Å². The number of aliphatic hydroxyl groups is 1. The lowest BCUT2D eigenvalue weighted by Crippen LogP contribution is -2.21. The molecule has 12 heavy (non-hydrogen) atoms. The Labute approximate surface area is 75.2 Å². The SMILES string of the molecule is CCCC[C@]12CCC[C@@H](O)[C@H]1C2. The molecule has 70 valence electrons. The summed E-state index contributed by atoms with van der Waals surface area (Å²) in [4.78, 5) is 0. The molecule has 0 unspecified atom stereocenters. The predicted octanol–water partition coefficient (Wildman–Crippen LogP) is 2.73. The van der Waals surface area contributed by atoms with Crippen LogP contribution in [0.25, 0.3) is 0 Å². The van der Waals surface area contributed by atoms with E-state index in [1.807, 2.05) is 0 Å². The molecule has 0 aliphatic heterocycles. The topological polar surface area (TPSA) is 20.2 Å². The zero-order chi connectivity index (χ0) is 8.60. The van der Waals surface area contributed by atoms with Crippen molar-refractivity contribution in [2.75, 3.05) is 0 Å². The summed E-state index contributed by atoms with van der Waals surface area (Å²) in [5.74, 6) is 0.692. The number of fused-ring (bicyclic) bond motifs is 1. The average Bonchev–Trinajstić information content (AvgIpc) is 2.78. The van der Waals surface area contributed by atoms with E-state index in [2.05, 4.69) is 6.92 Å². The Morgan fingerprint density at radius 3 is 3.08 bits per heavy atom. The van der Waals surface area contributed by atoms with E-state index in [9.17, 15) is 5.11 Å². The van der Waals surface area contributed by atoms with Crippen LogP contribution >= 0.6 is 0 Å². The van der Waals surface area contributed by atoms with Crippen molar-refractivity contribution in [2.24, 2.45) is 11.3 Å². The molecule has 0 aromatic carbocycles. The Morgan fingerprint density at radius 2 is 2.33 bits per heavy atom. The second-order valence-electron chi connectivity index (χ2n) is 4.74. The summed E-state index contributed by atoms with van der Waals surface area (Å²) in [6.45, 7) is 2.26. The van der Waals surface area contributed by atoms with Crippen LogP contribution in [0.15, 0.2) is 0 Å². The smallest absolute Gasteiger partial charge is 0.0573 e. The van der Waals surface area contributed by atoms with Gasteiger partial charge in [-0.3, -0.25) is 0 Å². The molecule has 0 heterocycles. The van der Waals surface area contributed by atoms with Crippen molar-refractivity contribution in [3.8, 4) is 0 Å². The Morgan fingerprint density at radius 1 is 1.50 bits per heavy atom. The van der Waals surface area contributed by atoms with Crippen LogP contribution in [0.2, 0.25) is 0 Å². The van der Waals surface area contributed by atoms with Crippen LogP contribution in [0.1, 0.15) is 51.9 Å². The monoisotopic (exact) mass is 168 g/mol. The molecule has 1 heteroatoms. The lowest BCUT2D eigenvalue weighted by atomic mass is 9.83. The van der Waals surface area contributed by atoms with Crippen molar-refractivity contribution < 1.29 is 5.11 Å². The van der Waals surface area contributed by atoms with Gasteiger partial charge in [0, 0.05) is 0 Å². The highest BCUT2D eigenvalue weighted by atomic mass is 16.3. The van der Waals surface area contributed by atoms with Crippen LogP contribution in [-0.2, 0) is 0 Å². The van der Waals surface area contributed by atoms with Gasteiger partial charge in [0.05, 0.1) is 6.10 Å². The van der Waals surface area contributed by atoms with Gasteiger partial charge in [0.2, 0.25) is 0 Å². The minimum Gasteiger partial charge on any atom is -0.393 e. The molecule has 0 amide bonds. The van der Waals surface area contributed by atoms with Gasteiger partial charge < -0.3 is 5.11 Å². The molecular formula is C11H20O. The quantitative estimate of drug-likeness (QED) is 0.687. The third kappa shape index (κ3) is 1.28. The fourth-order valence-corrected chi connectivity index (χ4v) is 3.02. The van der Waals surface area contributed by atoms with E-state index in [0.29, 0.717) is 11.3 Å². The molecule has 0 aromatic heterocycles. The van der Waals surface area contributed by atoms with Crippen molar-refractivity contribution in [1.82, 2.24) is 0 Å². The molecule has 0 aromatic rings. The van der Waals surface area contributed by atoms with Gasteiger partial charge in [0.1, 0.15) is 0 Å². The summed E-state index contributed by atoms with van der Waals surface area (Å²) in [6, 6.07) is 0. The maximum Gasteiger partial charge on any atom is 0.0573 e. The van der Waals surface area contributed by atoms with Crippen molar-refractivity contribution in [1.29, 1.82) is 0 Å². The van der Waals surface area contributed by atoms with E-state index in [0.717, 1.165) is 6.42 Å². The minimum absolute atomic E-state index is 0.0515. The van der Waals surface area contributed by atoms with Crippen molar-refractivity contribution in [3.63, 3.8) is 0 Å². The van der Waals surface area contributed by atoms with Gasteiger partial charge in [0.25, 0.3) is 0 Å². The molecule has 2 fully saturated rings. The highest BCUT2D eigenvalue weighted by Gasteiger charge is 2.57. The second kappa shape index (κ2) is 3.02. The van der Waals surface area contributed by atoms with Gasteiger partial charge in [-0.05, 0) is 37.0 Å². The van der Waals surface area contributed by atoms with Crippen LogP contribution < -0.4 is 0 Å². The van der Waals surface area contributed by atoms with Gasteiger partial charge in [-0.15, -0.1) is 0 Å². The highest BCUT2D eigenvalue weighted by Crippen LogP contribution is 2.63.